The van der Waals surface area contributed by atoms with Gasteiger partial charge >= 0.3 is 0 Å². The Morgan fingerprint density at radius 2 is 2.12 bits per heavy atom. The highest BCUT2D eigenvalue weighted by molar-refractivity contribution is 7.80. The molecule has 1 amide bonds. The van der Waals surface area contributed by atoms with E-state index in [9.17, 15) is 4.79 Å². The molecule has 1 aliphatic heterocycles. The minimum Gasteiger partial charge on any atom is -0.481 e. The number of furan rings is 1. The van der Waals surface area contributed by atoms with Crippen LogP contribution < -0.4 is 10.1 Å². The Hall–Kier alpha value is -3.04. The van der Waals surface area contributed by atoms with E-state index >= 15 is 0 Å². The molecule has 5 nitrogen and oxygen atoms in total. The highest BCUT2D eigenvalue weighted by atomic mass is 32.1. The van der Waals surface area contributed by atoms with E-state index in [1.807, 2.05) is 12.1 Å². The van der Waals surface area contributed by atoms with Gasteiger partial charge in [0.05, 0.1) is 12.8 Å². The maximum Gasteiger partial charge on any atom is 0.276 e. The number of ether oxygens (including phenoxy) is 1. The molecule has 1 fully saturated rings. The summed E-state index contributed by atoms with van der Waals surface area (Å²) in [4.78, 5) is 13.9. The van der Waals surface area contributed by atoms with Gasteiger partial charge in [-0.2, -0.15) is 0 Å². The summed E-state index contributed by atoms with van der Waals surface area (Å²) < 4.78 is 10.6. The van der Waals surface area contributed by atoms with Crippen LogP contribution in [-0.4, -0.2) is 22.5 Å². The van der Waals surface area contributed by atoms with Crippen LogP contribution in [0.4, 0.5) is 0 Å². The summed E-state index contributed by atoms with van der Waals surface area (Å²) in [6.45, 7) is 0.518. The van der Waals surface area contributed by atoms with Gasteiger partial charge in [-0.25, -0.2) is 0 Å². The van der Waals surface area contributed by atoms with Crippen LogP contribution in [0, 0.1) is 12.3 Å². The zero-order valence-electron chi connectivity index (χ0n) is 12.7. The van der Waals surface area contributed by atoms with Gasteiger partial charge in [-0.15, -0.1) is 6.42 Å². The fourth-order valence-corrected chi connectivity index (χ4v) is 2.48. The number of carbonyl (C=O) groups is 1. The van der Waals surface area contributed by atoms with Crippen LogP contribution in [-0.2, 0) is 11.3 Å². The standard InChI is InChI=1S/C18H14N2O3S/c1-2-9-22-14-7-5-13(6-8-14)11-16-17(21)20(18(24)19-16)12-15-4-3-10-23-15/h1,3-8,10-11H,9,12H2,(H,19,24). The molecule has 2 heterocycles. The molecular formula is C18H14N2O3S. The van der Waals surface area contributed by atoms with E-state index in [2.05, 4.69) is 11.2 Å². The largest absolute Gasteiger partial charge is 0.481 e. The average molecular weight is 338 g/mol. The second kappa shape index (κ2) is 7.02. The molecule has 6 heteroatoms. The molecule has 1 aromatic carbocycles. The van der Waals surface area contributed by atoms with E-state index in [0.717, 1.165) is 5.56 Å². The normalized spacial score (nSPS) is 15.5. The molecule has 1 saturated heterocycles. The van der Waals surface area contributed by atoms with Gasteiger partial charge in [0.2, 0.25) is 0 Å². The highest BCUT2D eigenvalue weighted by Gasteiger charge is 2.31. The van der Waals surface area contributed by atoms with Gasteiger partial charge in [-0.05, 0) is 48.1 Å². The van der Waals surface area contributed by atoms with Gasteiger partial charge in [0.15, 0.2) is 5.11 Å². The first-order valence-corrected chi connectivity index (χ1v) is 7.61. The van der Waals surface area contributed by atoms with Crippen LogP contribution >= 0.6 is 12.2 Å². The third-order valence-electron chi connectivity index (χ3n) is 3.37. The molecule has 120 valence electrons. The summed E-state index contributed by atoms with van der Waals surface area (Å²) in [7, 11) is 0. The van der Waals surface area contributed by atoms with Crippen molar-refractivity contribution in [2.75, 3.05) is 6.61 Å². The van der Waals surface area contributed by atoms with E-state index in [0.29, 0.717) is 28.9 Å². The summed E-state index contributed by atoms with van der Waals surface area (Å²) in [6, 6.07) is 10.8. The maximum atomic E-state index is 12.5. The van der Waals surface area contributed by atoms with E-state index in [1.54, 1.807) is 36.6 Å². The van der Waals surface area contributed by atoms with E-state index in [-0.39, 0.29) is 12.5 Å². The van der Waals surface area contributed by atoms with Crippen LogP contribution in [0.15, 0.2) is 52.8 Å². The van der Waals surface area contributed by atoms with Crippen molar-refractivity contribution in [3.63, 3.8) is 0 Å². The van der Waals surface area contributed by atoms with Crippen molar-refractivity contribution in [2.45, 2.75) is 6.54 Å². The molecule has 0 radical (unpaired) electrons. The SMILES string of the molecule is C#CCOc1ccc(C=C2NC(=S)N(Cc3ccco3)C2=O)cc1. The van der Waals surface area contributed by atoms with Gasteiger partial charge in [0.1, 0.15) is 23.8 Å². The summed E-state index contributed by atoms with van der Waals surface area (Å²) in [6.07, 6.45) is 8.45. The molecule has 0 bridgehead atoms. The zero-order valence-corrected chi connectivity index (χ0v) is 13.5. The predicted molar refractivity (Wildman–Crippen MR) is 93.7 cm³/mol. The first-order chi connectivity index (χ1) is 11.7. The predicted octanol–water partition coefficient (Wildman–Crippen LogP) is 2.55. The zero-order chi connectivity index (χ0) is 16.9. The van der Waals surface area contributed by atoms with E-state index < -0.39 is 0 Å². The Balaban J connectivity index is 1.72. The lowest BCUT2D eigenvalue weighted by molar-refractivity contribution is -0.122. The molecule has 24 heavy (non-hydrogen) atoms. The average Bonchev–Trinajstić information content (AvgIpc) is 3.19. The highest BCUT2D eigenvalue weighted by Crippen LogP contribution is 2.19. The molecular weight excluding hydrogens is 324 g/mol. The van der Waals surface area contributed by atoms with Crippen molar-refractivity contribution in [3.8, 4) is 18.1 Å². The molecule has 0 aliphatic carbocycles. The van der Waals surface area contributed by atoms with Crippen LogP contribution in [0.2, 0.25) is 0 Å². The summed E-state index contributed by atoms with van der Waals surface area (Å²) in [5, 5.41) is 3.29. The number of nitrogens with zero attached hydrogens (tertiary/aromatic N) is 1. The van der Waals surface area contributed by atoms with Crippen LogP contribution in [0.3, 0.4) is 0 Å². The van der Waals surface area contributed by atoms with E-state index in [1.165, 1.54) is 4.90 Å². The van der Waals surface area contributed by atoms with Gasteiger partial charge in [-0.1, -0.05) is 18.1 Å². The monoisotopic (exact) mass is 338 g/mol. The number of carbonyl (C=O) groups excluding carboxylic acids is 1. The maximum absolute atomic E-state index is 12.5. The quantitative estimate of drug-likeness (QED) is 0.516. The molecule has 0 spiro atoms. The Labute approximate surface area is 144 Å². The molecule has 3 rings (SSSR count). The van der Waals surface area contributed by atoms with Crippen molar-refractivity contribution >= 4 is 29.3 Å². The second-order valence-electron chi connectivity index (χ2n) is 5.02. The van der Waals surface area contributed by atoms with Crippen LogP contribution in [0.25, 0.3) is 6.08 Å². The van der Waals surface area contributed by atoms with Crippen LogP contribution in [0.5, 0.6) is 5.75 Å². The topological polar surface area (TPSA) is 54.7 Å². The molecule has 0 atom stereocenters. The number of terminal acetylenes is 1. The van der Waals surface area contributed by atoms with Gasteiger partial charge < -0.3 is 14.5 Å². The van der Waals surface area contributed by atoms with Gasteiger partial charge in [0, 0.05) is 0 Å². The number of hydrogen-bond acceptors (Lipinski definition) is 4. The molecule has 0 saturated carbocycles. The van der Waals surface area contributed by atoms with Crippen LogP contribution in [0.1, 0.15) is 11.3 Å². The molecule has 1 aromatic heterocycles. The number of amides is 1. The summed E-state index contributed by atoms with van der Waals surface area (Å²) in [5.41, 5.74) is 1.27. The number of rotatable bonds is 5. The molecule has 1 N–H and O–H groups in total. The van der Waals surface area contributed by atoms with Crippen molar-refractivity contribution in [2.24, 2.45) is 0 Å². The fourth-order valence-electron chi connectivity index (χ4n) is 2.23. The molecule has 0 unspecified atom stereocenters. The van der Waals surface area contributed by atoms with Gasteiger partial charge in [-0.3, -0.25) is 9.69 Å². The Morgan fingerprint density at radius 3 is 2.79 bits per heavy atom. The first-order valence-electron chi connectivity index (χ1n) is 7.20. The molecule has 1 aliphatic rings. The summed E-state index contributed by atoms with van der Waals surface area (Å²) >= 11 is 5.23. The fraction of sp³-hybridized carbons (Fsp3) is 0.111. The molecule has 2 aromatic rings. The number of nitrogens with one attached hydrogen (secondary N) is 1. The smallest absolute Gasteiger partial charge is 0.276 e. The Kier molecular flexibility index (Phi) is 4.64. The first kappa shape index (κ1) is 15.8. The lowest BCUT2D eigenvalue weighted by Gasteiger charge is -2.11. The summed E-state index contributed by atoms with van der Waals surface area (Å²) in [5.74, 6) is 3.56. The van der Waals surface area contributed by atoms with Crippen molar-refractivity contribution in [1.82, 2.24) is 10.2 Å². The van der Waals surface area contributed by atoms with E-state index in [4.69, 9.17) is 27.8 Å². The third kappa shape index (κ3) is 3.47. The van der Waals surface area contributed by atoms with Gasteiger partial charge in [0.25, 0.3) is 5.91 Å². The Morgan fingerprint density at radius 1 is 1.33 bits per heavy atom. The number of benzene rings is 1. The number of hydrogen-bond donors (Lipinski definition) is 1. The third-order valence-corrected chi connectivity index (χ3v) is 3.69. The lowest BCUT2D eigenvalue weighted by atomic mass is 10.2. The second-order valence-corrected chi connectivity index (χ2v) is 5.41. The minimum absolute atomic E-state index is 0.191. The number of thiocarbonyl (C=S) groups is 1. The van der Waals surface area contributed by atoms with Crippen molar-refractivity contribution in [1.29, 1.82) is 0 Å². The van der Waals surface area contributed by atoms with Crippen molar-refractivity contribution in [3.05, 3.63) is 59.7 Å². The lowest BCUT2D eigenvalue weighted by Crippen LogP contribution is -2.29. The minimum atomic E-state index is -0.191. The van der Waals surface area contributed by atoms with Crippen molar-refractivity contribution < 1.29 is 13.9 Å². The Bertz CT molecular complexity index is 817.